The highest BCUT2D eigenvalue weighted by Crippen LogP contribution is 2.35. The van der Waals surface area contributed by atoms with Crippen molar-refractivity contribution in [3.63, 3.8) is 0 Å². The lowest BCUT2D eigenvalue weighted by atomic mass is 9.89. The predicted molar refractivity (Wildman–Crippen MR) is 143 cm³/mol. The first-order valence-corrected chi connectivity index (χ1v) is 15.1. The molecule has 1 atom stereocenters. The lowest BCUT2D eigenvalue weighted by molar-refractivity contribution is -0.196. The molecule has 2 aromatic rings. The van der Waals surface area contributed by atoms with E-state index >= 15 is 0 Å². The summed E-state index contributed by atoms with van der Waals surface area (Å²) in [5, 5.41) is 0. The van der Waals surface area contributed by atoms with Gasteiger partial charge in [0.25, 0.3) is 5.91 Å². The molecule has 2 aliphatic heterocycles. The maximum Gasteiger partial charge on any atom is 0.256 e. The molecule has 2 aromatic carbocycles. The van der Waals surface area contributed by atoms with Crippen LogP contribution in [0.4, 0.5) is 0 Å². The Morgan fingerprint density at radius 2 is 1.71 bits per heavy atom. The summed E-state index contributed by atoms with van der Waals surface area (Å²) in [6.07, 6.45) is 5.77. The van der Waals surface area contributed by atoms with E-state index in [0.29, 0.717) is 51.4 Å². The van der Waals surface area contributed by atoms with Crippen molar-refractivity contribution >= 4 is 15.9 Å². The van der Waals surface area contributed by atoms with Gasteiger partial charge in [-0.05, 0) is 55.0 Å². The lowest BCUT2D eigenvalue weighted by Crippen LogP contribution is -2.65. The summed E-state index contributed by atoms with van der Waals surface area (Å²) in [4.78, 5) is 16.1. The van der Waals surface area contributed by atoms with Gasteiger partial charge in [-0.3, -0.25) is 4.79 Å². The molecule has 1 spiro atoms. The van der Waals surface area contributed by atoms with Gasteiger partial charge in [-0.2, -0.15) is 4.31 Å². The van der Waals surface area contributed by atoms with Crippen molar-refractivity contribution in [3.05, 3.63) is 60.2 Å². The minimum atomic E-state index is -3.86. The third-order valence-electron chi connectivity index (χ3n) is 8.20. The highest BCUT2D eigenvalue weighted by Gasteiger charge is 2.50. The number of carbonyl (C=O) groups is 1. The molecule has 1 aliphatic carbocycles. The fourth-order valence-electron chi connectivity index (χ4n) is 5.91. The van der Waals surface area contributed by atoms with Gasteiger partial charge in [0.15, 0.2) is 5.60 Å². The predicted octanol–water partition coefficient (Wildman–Crippen LogP) is 3.85. The molecule has 0 N–H and O–H groups in total. The highest BCUT2D eigenvalue weighted by atomic mass is 32.2. The van der Waals surface area contributed by atoms with E-state index in [0.717, 1.165) is 31.2 Å². The van der Waals surface area contributed by atoms with Crippen molar-refractivity contribution in [1.82, 2.24) is 9.21 Å². The number of hydrogen-bond acceptors (Lipinski definition) is 6. The van der Waals surface area contributed by atoms with E-state index in [-0.39, 0.29) is 29.4 Å². The minimum absolute atomic E-state index is 0.00711. The molecule has 1 saturated carbocycles. The molecule has 3 fully saturated rings. The molecular formula is C29H38N2O6S. The van der Waals surface area contributed by atoms with Crippen molar-refractivity contribution < 1.29 is 27.4 Å². The van der Waals surface area contributed by atoms with Gasteiger partial charge in [-0.1, -0.05) is 43.2 Å². The van der Waals surface area contributed by atoms with E-state index in [9.17, 15) is 13.2 Å². The zero-order valence-corrected chi connectivity index (χ0v) is 22.9. The van der Waals surface area contributed by atoms with Gasteiger partial charge < -0.3 is 19.1 Å². The Balaban J connectivity index is 1.47. The van der Waals surface area contributed by atoms with Gasteiger partial charge in [0.2, 0.25) is 10.0 Å². The number of methoxy groups -OCH3 is 1. The third-order valence-corrected chi connectivity index (χ3v) is 10.0. The van der Waals surface area contributed by atoms with Crippen LogP contribution in [0.5, 0.6) is 5.75 Å². The lowest BCUT2D eigenvalue weighted by Gasteiger charge is -2.48. The molecule has 0 radical (unpaired) electrons. The van der Waals surface area contributed by atoms with Crippen LogP contribution in [0.3, 0.4) is 0 Å². The largest absolute Gasteiger partial charge is 0.497 e. The summed E-state index contributed by atoms with van der Waals surface area (Å²) in [5.41, 5.74) is 0.135. The number of rotatable bonds is 9. The monoisotopic (exact) mass is 542 g/mol. The van der Waals surface area contributed by atoms with E-state index in [4.69, 9.17) is 14.2 Å². The second-order valence-corrected chi connectivity index (χ2v) is 12.6. The number of carbonyl (C=O) groups excluding carboxylic acids is 1. The Bertz CT molecular complexity index is 1180. The molecule has 0 bridgehead atoms. The van der Waals surface area contributed by atoms with Crippen molar-refractivity contribution in [2.24, 2.45) is 5.92 Å². The third kappa shape index (κ3) is 5.76. The van der Waals surface area contributed by atoms with E-state index in [1.54, 1.807) is 36.3 Å². The van der Waals surface area contributed by atoms with Crippen molar-refractivity contribution in [2.45, 2.75) is 61.5 Å². The fraction of sp³-hybridized carbons (Fsp3) is 0.552. The van der Waals surface area contributed by atoms with Crippen LogP contribution in [0, 0.1) is 5.92 Å². The molecule has 5 rings (SSSR count). The van der Waals surface area contributed by atoms with Crippen LogP contribution in [0.2, 0.25) is 0 Å². The Hall–Kier alpha value is -2.46. The molecule has 8 nitrogen and oxygen atoms in total. The number of amides is 1. The maximum atomic E-state index is 14.1. The van der Waals surface area contributed by atoms with Gasteiger partial charge in [0.05, 0.1) is 31.3 Å². The molecule has 2 saturated heterocycles. The summed E-state index contributed by atoms with van der Waals surface area (Å²) < 4.78 is 46.6. The molecule has 0 aromatic heterocycles. The van der Waals surface area contributed by atoms with Crippen molar-refractivity contribution in [3.8, 4) is 5.75 Å². The molecule has 206 valence electrons. The van der Waals surface area contributed by atoms with Crippen LogP contribution in [0.25, 0.3) is 0 Å². The highest BCUT2D eigenvalue weighted by molar-refractivity contribution is 7.89. The van der Waals surface area contributed by atoms with Crippen LogP contribution in [0.15, 0.2) is 59.5 Å². The van der Waals surface area contributed by atoms with Crippen molar-refractivity contribution in [1.29, 1.82) is 0 Å². The number of morpholine rings is 1. The Labute approximate surface area is 225 Å². The quantitative estimate of drug-likeness (QED) is 0.479. The average Bonchev–Trinajstić information content (AvgIpc) is 3.47. The summed E-state index contributed by atoms with van der Waals surface area (Å²) in [7, 11) is -2.30. The van der Waals surface area contributed by atoms with Crippen molar-refractivity contribution in [2.75, 3.05) is 40.1 Å². The first-order valence-electron chi connectivity index (χ1n) is 13.6. The molecule has 9 heteroatoms. The molecule has 2 heterocycles. The van der Waals surface area contributed by atoms with Gasteiger partial charge in [0.1, 0.15) is 5.75 Å². The summed E-state index contributed by atoms with van der Waals surface area (Å²) in [5.74, 6) is 0.747. The minimum Gasteiger partial charge on any atom is -0.497 e. The first kappa shape index (κ1) is 27.1. The van der Waals surface area contributed by atoms with Crippen LogP contribution in [-0.4, -0.2) is 75.3 Å². The molecular weight excluding hydrogens is 504 g/mol. The Morgan fingerprint density at radius 3 is 2.37 bits per heavy atom. The number of hydrogen-bond donors (Lipinski definition) is 0. The fourth-order valence-corrected chi connectivity index (χ4v) is 7.37. The Morgan fingerprint density at radius 1 is 1.03 bits per heavy atom. The van der Waals surface area contributed by atoms with E-state index in [1.807, 2.05) is 30.3 Å². The van der Waals surface area contributed by atoms with Crippen LogP contribution < -0.4 is 4.74 Å². The normalized spacial score (nSPS) is 22.3. The average molecular weight is 543 g/mol. The number of benzene rings is 2. The van der Waals surface area contributed by atoms with Crippen LogP contribution in [-0.2, 0) is 30.7 Å². The molecule has 38 heavy (non-hydrogen) atoms. The topological polar surface area (TPSA) is 85.4 Å². The second kappa shape index (κ2) is 11.7. The van der Waals surface area contributed by atoms with E-state index in [2.05, 4.69) is 0 Å². The number of nitrogens with zero attached hydrogens (tertiary/aromatic N) is 2. The van der Waals surface area contributed by atoms with Crippen LogP contribution in [0.1, 0.15) is 44.1 Å². The second-order valence-electron chi connectivity index (χ2n) is 10.6. The molecule has 1 amide bonds. The SMILES string of the molecule is COc1ccc(S(=O)(=O)N(CC2CCCC2)CN2C(=O)C3(CCOCC3)OC[C@@H]2Cc2ccccc2)cc1. The number of sulfonamides is 1. The smallest absolute Gasteiger partial charge is 0.256 e. The van der Waals surface area contributed by atoms with E-state index < -0.39 is 15.6 Å². The van der Waals surface area contributed by atoms with Gasteiger partial charge in [-0.15, -0.1) is 0 Å². The zero-order chi connectivity index (χ0) is 26.6. The van der Waals surface area contributed by atoms with Gasteiger partial charge >= 0.3 is 0 Å². The Kier molecular flexibility index (Phi) is 8.38. The van der Waals surface area contributed by atoms with E-state index in [1.165, 1.54) is 4.31 Å². The summed E-state index contributed by atoms with van der Waals surface area (Å²) >= 11 is 0. The first-order chi connectivity index (χ1) is 18.4. The van der Waals surface area contributed by atoms with Crippen LogP contribution >= 0.6 is 0 Å². The maximum absolute atomic E-state index is 14.1. The summed E-state index contributed by atoms with van der Waals surface area (Å²) in [6, 6.07) is 16.2. The zero-order valence-electron chi connectivity index (χ0n) is 22.1. The standard InChI is InChI=1S/C29H38N2O6S/c1-35-26-11-13-27(14-12-26)38(33,34)30(20-24-9-5-6-10-24)22-31-25(19-23-7-3-2-4-8-23)21-37-29(28(31)32)15-17-36-18-16-29/h2-4,7-8,11-14,24-25H,5-6,9-10,15-22H2,1H3/t25-/m0/s1. The van der Waals surface area contributed by atoms with Gasteiger partial charge in [0, 0.05) is 32.6 Å². The number of ether oxygens (including phenoxy) is 3. The van der Waals surface area contributed by atoms with Gasteiger partial charge in [-0.25, -0.2) is 8.42 Å². The summed E-state index contributed by atoms with van der Waals surface area (Å²) in [6.45, 7) is 1.68. The molecule has 0 unspecified atom stereocenters. The molecule has 3 aliphatic rings.